The highest BCUT2D eigenvalue weighted by Gasteiger charge is 2.85. The summed E-state index contributed by atoms with van der Waals surface area (Å²) in [6.07, 6.45) is -11.7. The van der Waals surface area contributed by atoms with Gasteiger partial charge in [-0.25, -0.2) is 0 Å². The van der Waals surface area contributed by atoms with Gasteiger partial charge in [0.25, 0.3) is 0 Å². The zero-order valence-corrected chi connectivity index (χ0v) is 26.2. The first-order valence-electron chi connectivity index (χ1n) is 13.9. The molecule has 0 bridgehead atoms. The minimum absolute atomic E-state index is 0.232. The van der Waals surface area contributed by atoms with Gasteiger partial charge in [-0.05, 0) is 47.0 Å². The first kappa shape index (κ1) is 41.1. The number of hydrogen-bond donors (Lipinski definition) is 2. The van der Waals surface area contributed by atoms with Crippen LogP contribution in [0.25, 0.3) is 0 Å². The Bertz CT molecular complexity index is 1090. The molecule has 2 aliphatic heterocycles. The standard InChI is InChI=1S/C14H21F5O4.C13H19F5O4/c1-6-10(4,5)9(20)23-11(8(2)3)7-22-13(21,12(11,15)16)14(17,18)19;1-5-9(3,4)8(19)22-10(6-2)7-21-12(20,11(10,14)15)13(16,17)18/h8,21H,6-7H2,1-5H3;20H,5-7H2,1-4H3. The number of esters is 2. The van der Waals surface area contributed by atoms with E-state index in [0.717, 1.165) is 6.92 Å². The van der Waals surface area contributed by atoms with Crippen LogP contribution in [0.5, 0.6) is 0 Å². The molecule has 2 saturated heterocycles. The number of ether oxygens (including phenoxy) is 4. The summed E-state index contributed by atoms with van der Waals surface area (Å²) < 4.78 is 152. The van der Waals surface area contributed by atoms with E-state index in [2.05, 4.69) is 9.47 Å². The summed E-state index contributed by atoms with van der Waals surface area (Å²) in [5, 5.41) is 18.7. The molecule has 0 radical (unpaired) electrons. The molecule has 0 amide bonds. The van der Waals surface area contributed by atoms with E-state index in [1.165, 1.54) is 41.5 Å². The van der Waals surface area contributed by atoms with E-state index in [9.17, 15) is 63.7 Å². The molecule has 2 N–H and O–H groups in total. The molecular weight excluding hydrogens is 642 g/mol. The third kappa shape index (κ3) is 6.36. The van der Waals surface area contributed by atoms with Crippen molar-refractivity contribution in [1.82, 2.24) is 0 Å². The lowest BCUT2D eigenvalue weighted by molar-refractivity contribution is -0.411. The quantitative estimate of drug-likeness (QED) is 0.227. The molecule has 2 fully saturated rings. The van der Waals surface area contributed by atoms with Crippen molar-refractivity contribution in [1.29, 1.82) is 0 Å². The molecule has 2 aliphatic rings. The Morgan fingerprint density at radius 3 is 1.36 bits per heavy atom. The van der Waals surface area contributed by atoms with Crippen LogP contribution < -0.4 is 0 Å². The molecule has 266 valence electrons. The molecule has 18 heteroatoms. The number of carbonyl (C=O) groups is 2. The first-order valence-corrected chi connectivity index (χ1v) is 13.9. The van der Waals surface area contributed by atoms with E-state index in [0.29, 0.717) is 0 Å². The smallest absolute Gasteiger partial charge is 0.449 e. The highest BCUT2D eigenvalue weighted by Crippen LogP contribution is 2.58. The fourth-order valence-electron chi connectivity index (χ4n) is 4.05. The maximum Gasteiger partial charge on any atom is 0.449 e. The van der Waals surface area contributed by atoms with Crippen molar-refractivity contribution < 1.29 is 82.7 Å². The Morgan fingerprint density at radius 1 is 0.711 bits per heavy atom. The highest BCUT2D eigenvalue weighted by molar-refractivity contribution is 5.77. The molecule has 2 rings (SSSR count). The molecule has 0 spiro atoms. The van der Waals surface area contributed by atoms with E-state index in [-0.39, 0.29) is 12.8 Å². The number of aliphatic hydroxyl groups is 2. The fourth-order valence-corrected chi connectivity index (χ4v) is 4.05. The lowest BCUT2D eigenvalue weighted by atomic mass is 9.81. The molecule has 45 heavy (non-hydrogen) atoms. The Hall–Kier alpha value is -1.92. The molecule has 8 nitrogen and oxygen atoms in total. The van der Waals surface area contributed by atoms with Crippen LogP contribution in [0.4, 0.5) is 43.9 Å². The van der Waals surface area contributed by atoms with Gasteiger partial charge >= 0.3 is 47.7 Å². The van der Waals surface area contributed by atoms with Crippen LogP contribution in [-0.4, -0.2) is 82.3 Å². The molecule has 4 atom stereocenters. The van der Waals surface area contributed by atoms with Crippen molar-refractivity contribution in [2.75, 3.05) is 13.2 Å². The van der Waals surface area contributed by atoms with Crippen molar-refractivity contribution in [3.8, 4) is 0 Å². The largest absolute Gasteiger partial charge is 0.449 e. The normalized spacial score (nSPS) is 31.8. The van der Waals surface area contributed by atoms with E-state index in [1.807, 2.05) is 0 Å². The second-order valence-corrected chi connectivity index (χ2v) is 12.7. The number of alkyl halides is 10. The molecule has 0 aromatic heterocycles. The highest BCUT2D eigenvalue weighted by atomic mass is 19.4. The second-order valence-electron chi connectivity index (χ2n) is 12.7. The van der Waals surface area contributed by atoms with Crippen LogP contribution in [0, 0.1) is 16.7 Å². The Morgan fingerprint density at radius 2 is 1.07 bits per heavy atom. The van der Waals surface area contributed by atoms with Crippen LogP contribution in [0.3, 0.4) is 0 Å². The molecule has 4 unspecified atom stereocenters. The van der Waals surface area contributed by atoms with Crippen molar-refractivity contribution in [3.05, 3.63) is 0 Å². The molecular formula is C27H40F10O8. The summed E-state index contributed by atoms with van der Waals surface area (Å²) >= 11 is 0. The van der Waals surface area contributed by atoms with Gasteiger partial charge in [-0.15, -0.1) is 0 Å². The predicted octanol–water partition coefficient (Wildman–Crippen LogP) is 6.31. The van der Waals surface area contributed by atoms with E-state index in [4.69, 9.17) is 9.47 Å². The van der Waals surface area contributed by atoms with E-state index in [1.54, 1.807) is 13.8 Å². The first-order chi connectivity index (χ1) is 19.8. The molecule has 0 aromatic rings. The average molecular weight is 683 g/mol. The van der Waals surface area contributed by atoms with Gasteiger partial charge in [0.05, 0.1) is 24.0 Å². The summed E-state index contributed by atoms with van der Waals surface area (Å²) in [4.78, 5) is 24.1. The van der Waals surface area contributed by atoms with Crippen LogP contribution in [0.1, 0.15) is 81.6 Å². The van der Waals surface area contributed by atoms with E-state index >= 15 is 0 Å². The number of rotatable bonds is 8. The number of halogens is 10. The average Bonchev–Trinajstić information content (AvgIpc) is 3.24. The zero-order valence-electron chi connectivity index (χ0n) is 26.2. The third-order valence-corrected chi connectivity index (χ3v) is 8.67. The molecule has 2 heterocycles. The zero-order chi connectivity index (χ0) is 36.1. The van der Waals surface area contributed by atoms with Crippen LogP contribution in [-0.2, 0) is 28.5 Å². The van der Waals surface area contributed by atoms with Gasteiger partial charge in [-0.1, -0.05) is 34.6 Å². The maximum atomic E-state index is 14.5. The monoisotopic (exact) mass is 682 g/mol. The lowest BCUT2D eigenvalue weighted by Crippen LogP contribution is -2.66. The van der Waals surface area contributed by atoms with E-state index < -0.39 is 95.3 Å². The topological polar surface area (TPSA) is 112 Å². The van der Waals surface area contributed by atoms with Gasteiger partial charge in [0.1, 0.15) is 0 Å². The predicted molar refractivity (Wildman–Crippen MR) is 135 cm³/mol. The minimum atomic E-state index is -5.75. The van der Waals surface area contributed by atoms with Crippen molar-refractivity contribution >= 4 is 11.9 Å². The number of hydrogen-bond acceptors (Lipinski definition) is 8. The molecule has 0 aliphatic carbocycles. The maximum absolute atomic E-state index is 14.5. The Balaban J connectivity index is 0.000000450. The molecule has 0 saturated carbocycles. The van der Waals surface area contributed by atoms with Crippen molar-refractivity contribution in [2.45, 2.75) is 129 Å². The summed E-state index contributed by atoms with van der Waals surface area (Å²) in [7, 11) is 0. The van der Waals surface area contributed by atoms with Gasteiger partial charge in [0.15, 0.2) is 0 Å². The lowest BCUT2D eigenvalue weighted by Gasteiger charge is -2.41. The van der Waals surface area contributed by atoms with Crippen molar-refractivity contribution in [3.63, 3.8) is 0 Å². The van der Waals surface area contributed by atoms with Gasteiger partial charge in [-0.3, -0.25) is 9.59 Å². The van der Waals surface area contributed by atoms with Gasteiger partial charge < -0.3 is 29.2 Å². The van der Waals surface area contributed by atoms with Gasteiger partial charge in [0.2, 0.25) is 11.2 Å². The summed E-state index contributed by atoms with van der Waals surface area (Å²) in [5.41, 5.74) is -8.12. The Kier molecular flexibility index (Phi) is 11.2. The molecule has 0 aromatic carbocycles. The van der Waals surface area contributed by atoms with Crippen LogP contribution >= 0.6 is 0 Å². The third-order valence-electron chi connectivity index (χ3n) is 8.67. The fraction of sp³-hybridized carbons (Fsp3) is 0.926. The van der Waals surface area contributed by atoms with Crippen molar-refractivity contribution in [2.24, 2.45) is 16.7 Å². The van der Waals surface area contributed by atoms with Crippen LogP contribution in [0.15, 0.2) is 0 Å². The Labute approximate surface area is 253 Å². The van der Waals surface area contributed by atoms with Crippen LogP contribution in [0.2, 0.25) is 0 Å². The summed E-state index contributed by atoms with van der Waals surface area (Å²) in [6, 6.07) is 0. The minimum Gasteiger partial charge on any atom is -0.449 e. The van der Waals surface area contributed by atoms with Gasteiger partial charge in [-0.2, -0.15) is 43.9 Å². The number of carbonyl (C=O) groups excluding carboxylic acids is 2. The summed E-state index contributed by atoms with van der Waals surface area (Å²) in [6.45, 7) is 9.86. The second kappa shape index (κ2) is 12.3. The van der Waals surface area contributed by atoms with Gasteiger partial charge in [0, 0.05) is 5.92 Å². The SMILES string of the molecule is CCC(C)(C)C(=O)OC1(C(C)C)COC(O)(C(F)(F)F)C1(F)F.CCC(C)(C)C(=O)OC1(CC)COC(O)(C(F)(F)F)C1(F)F. The summed E-state index contributed by atoms with van der Waals surface area (Å²) in [5.74, 6) is -22.5.